The summed E-state index contributed by atoms with van der Waals surface area (Å²) < 4.78 is 0. The maximum Gasteiger partial charge on any atom is 0.354 e. The van der Waals surface area contributed by atoms with E-state index in [1.807, 2.05) is 36.4 Å². The molecule has 0 bridgehead atoms. The second-order valence-corrected chi connectivity index (χ2v) is 5.61. The highest BCUT2D eigenvalue weighted by Gasteiger charge is 2.16. The number of hydrogen-bond acceptors (Lipinski definition) is 3. The van der Waals surface area contributed by atoms with Crippen molar-refractivity contribution in [2.24, 2.45) is 0 Å². The van der Waals surface area contributed by atoms with Gasteiger partial charge in [-0.15, -0.1) is 0 Å². The molecular weight excluding hydrogens is 304 g/mol. The van der Waals surface area contributed by atoms with Crippen LogP contribution in [-0.4, -0.2) is 26.2 Å². The summed E-state index contributed by atoms with van der Waals surface area (Å²) in [5.74, 6) is -1.06. The third-order valence-electron chi connectivity index (χ3n) is 4.13. The molecule has 2 aromatic carbocycles. The summed E-state index contributed by atoms with van der Waals surface area (Å²) in [7, 11) is 0. The Morgan fingerprint density at radius 1 is 1.04 bits per heavy atom. The van der Waals surface area contributed by atoms with Gasteiger partial charge in [-0.2, -0.15) is 0 Å². The second kappa shape index (κ2) is 5.47. The number of aliphatic hydroxyl groups excluding tert-OH is 1. The number of pyridine rings is 1. The van der Waals surface area contributed by atoms with Crippen molar-refractivity contribution in [3.63, 3.8) is 0 Å². The lowest BCUT2D eigenvalue weighted by molar-refractivity contribution is 0.0691. The number of carboxylic acids is 1. The first-order chi connectivity index (χ1) is 11.7. The number of rotatable bonds is 3. The average molecular weight is 318 g/mol. The van der Waals surface area contributed by atoms with Gasteiger partial charge >= 0.3 is 5.97 Å². The Morgan fingerprint density at radius 3 is 2.50 bits per heavy atom. The lowest BCUT2D eigenvalue weighted by Crippen LogP contribution is -2.01. The van der Waals surface area contributed by atoms with Crippen LogP contribution in [0.3, 0.4) is 0 Å². The minimum atomic E-state index is -1.06. The van der Waals surface area contributed by atoms with E-state index in [0.29, 0.717) is 5.69 Å². The molecule has 0 saturated heterocycles. The Labute approximate surface area is 137 Å². The first-order valence-electron chi connectivity index (χ1n) is 7.52. The molecule has 0 atom stereocenters. The summed E-state index contributed by atoms with van der Waals surface area (Å²) in [5.41, 5.74) is 3.93. The minimum Gasteiger partial charge on any atom is -0.477 e. The van der Waals surface area contributed by atoms with E-state index in [9.17, 15) is 15.0 Å². The van der Waals surface area contributed by atoms with Crippen molar-refractivity contribution in [2.75, 3.05) is 0 Å². The van der Waals surface area contributed by atoms with E-state index in [2.05, 4.69) is 9.97 Å². The molecule has 5 nitrogen and oxygen atoms in total. The summed E-state index contributed by atoms with van der Waals surface area (Å²) >= 11 is 0. The lowest BCUT2D eigenvalue weighted by Gasteiger charge is -2.06. The highest BCUT2D eigenvalue weighted by Crippen LogP contribution is 2.32. The SMILES string of the molecule is O=C(O)c1cc2c([nH]c3ccccc32)c(-c2ccc(CO)cc2)n1. The van der Waals surface area contributed by atoms with Gasteiger partial charge in [-0.25, -0.2) is 9.78 Å². The number of aromatic nitrogens is 2. The largest absolute Gasteiger partial charge is 0.477 e. The van der Waals surface area contributed by atoms with Crippen LogP contribution in [0, 0.1) is 0 Å². The standard InChI is InChI=1S/C19H14N2O3/c22-10-11-5-7-12(8-6-11)17-18-14(9-16(21-17)19(23)24)13-3-1-2-4-15(13)20-18/h1-9,20,22H,10H2,(H,23,24). The predicted octanol–water partition coefficient (Wildman–Crippen LogP) is 3.57. The van der Waals surface area contributed by atoms with E-state index in [-0.39, 0.29) is 12.3 Å². The monoisotopic (exact) mass is 318 g/mol. The molecule has 0 aliphatic carbocycles. The van der Waals surface area contributed by atoms with Gasteiger partial charge in [0.2, 0.25) is 0 Å². The van der Waals surface area contributed by atoms with Crippen LogP contribution in [0.25, 0.3) is 33.1 Å². The van der Waals surface area contributed by atoms with Crippen LogP contribution in [0.1, 0.15) is 16.1 Å². The smallest absolute Gasteiger partial charge is 0.354 e. The Balaban J connectivity index is 2.06. The quantitative estimate of drug-likeness (QED) is 0.539. The molecule has 0 amide bonds. The summed E-state index contributed by atoms with van der Waals surface area (Å²) in [5, 5.41) is 20.4. The van der Waals surface area contributed by atoms with Crippen LogP contribution in [0.4, 0.5) is 0 Å². The summed E-state index contributed by atoms with van der Waals surface area (Å²) in [6.45, 7) is -0.0370. The molecule has 0 saturated carbocycles. The topological polar surface area (TPSA) is 86.2 Å². The number of para-hydroxylation sites is 1. The first kappa shape index (κ1) is 14.4. The summed E-state index contributed by atoms with van der Waals surface area (Å²) in [6.07, 6.45) is 0. The highest BCUT2D eigenvalue weighted by atomic mass is 16.4. The molecule has 0 unspecified atom stereocenters. The van der Waals surface area contributed by atoms with Crippen molar-refractivity contribution in [2.45, 2.75) is 6.61 Å². The number of aromatic amines is 1. The number of carbonyl (C=O) groups is 1. The van der Waals surface area contributed by atoms with Gasteiger partial charge in [0.05, 0.1) is 17.8 Å². The highest BCUT2D eigenvalue weighted by molar-refractivity contribution is 6.12. The number of aromatic carboxylic acids is 1. The van der Waals surface area contributed by atoms with Gasteiger partial charge in [-0.3, -0.25) is 0 Å². The Kier molecular flexibility index (Phi) is 3.29. The van der Waals surface area contributed by atoms with Crippen LogP contribution in [0.15, 0.2) is 54.6 Å². The fourth-order valence-electron chi connectivity index (χ4n) is 2.93. The molecule has 24 heavy (non-hydrogen) atoms. The van der Waals surface area contributed by atoms with E-state index in [0.717, 1.165) is 32.9 Å². The molecule has 4 aromatic rings. The Hall–Kier alpha value is -3.18. The third kappa shape index (κ3) is 2.23. The molecule has 0 radical (unpaired) electrons. The second-order valence-electron chi connectivity index (χ2n) is 5.61. The van der Waals surface area contributed by atoms with Crippen molar-refractivity contribution >= 4 is 27.8 Å². The number of hydrogen-bond donors (Lipinski definition) is 3. The van der Waals surface area contributed by atoms with Gasteiger partial charge in [0.1, 0.15) is 5.69 Å². The van der Waals surface area contributed by atoms with Gasteiger partial charge in [0.25, 0.3) is 0 Å². The van der Waals surface area contributed by atoms with Crippen LogP contribution in [-0.2, 0) is 6.61 Å². The Morgan fingerprint density at radius 2 is 1.79 bits per heavy atom. The van der Waals surface area contributed by atoms with E-state index < -0.39 is 5.97 Å². The normalized spacial score (nSPS) is 11.2. The van der Waals surface area contributed by atoms with Crippen LogP contribution >= 0.6 is 0 Å². The Bertz CT molecular complexity index is 1070. The number of carboxylic acid groups (broad SMARTS) is 1. The molecule has 3 N–H and O–H groups in total. The number of nitrogens with one attached hydrogen (secondary N) is 1. The van der Waals surface area contributed by atoms with Crippen LogP contribution in [0.2, 0.25) is 0 Å². The third-order valence-corrected chi connectivity index (χ3v) is 4.13. The zero-order chi connectivity index (χ0) is 16.7. The molecule has 0 fully saturated rings. The molecule has 118 valence electrons. The first-order valence-corrected chi connectivity index (χ1v) is 7.52. The van der Waals surface area contributed by atoms with Crippen LogP contribution in [0.5, 0.6) is 0 Å². The van der Waals surface area contributed by atoms with E-state index in [4.69, 9.17) is 0 Å². The molecular formula is C19H14N2O3. The van der Waals surface area contributed by atoms with Crippen molar-refractivity contribution < 1.29 is 15.0 Å². The molecule has 2 aromatic heterocycles. The maximum atomic E-state index is 11.5. The van der Waals surface area contributed by atoms with Crippen LogP contribution < -0.4 is 0 Å². The molecule has 5 heteroatoms. The number of benzene rings is 2. The fraction of sp³-hybridized carbons (Fsp3) is 0.0526. The minimum absolute atomic E-state index is 0.00786. The van der Waals surface area contributed by atoms with Crippen molar-refractivity contribution in [3.8, 4) is 11.3 Å². The number of aliphatic hydroxyl groups is 1. The van der Waals surface area contributed by atoms with E-state index in [1.165, 1.54) is 0 Å². The van der Waals surface area contributed by atoms with Gasteiger partial charge in [0.15, 0.2) is 0 Å². The molecule has 2 heterocycles. The van der Waals surface area contributed by atoms with Gasteiger partial charge < -0.3 is 15.2 Å². The number of nitrogens with zero attached hydrogens (tertiary/aromatic N) is 1. The van der Waals surface area contributed by atoms with Gasteiger partial charge in [0, 0.05) is 21.9 Å². The number of fused-ring (bicyclic) bond motifs is 3. The van der Waals surface area contributed by atoms with Gasteiger partial charge in [-0.1, -0.05) is 42.5 Å². The number of H-pyrrole nitrogens is 1. The molecule has 4 rings (SSSR count). The van der Waals surface area contributed by atoms with E-state index >= 15 is 0 Å². The molecule has 0 aliphatic heterocycles. The maximum absolute atomic E-state index is 11.5. The lowest BCUT2D eigenvalue weighted by atomic mass is 10.0. The van der Waals surface area contributed by atoms with Crippen molar-refractivity contribution in [3.05, 3.63) is 65.9 Å². The van der Waals surface area contributed by atoms with Crippen molar-refractivity contribution in [1.29, 1.82) is 0 Å². The fourth-order valence-corrected chi connectivity index (χ4v) is 2.93. The van der Waals surface area contributed by atoms with E-state index in [1.54, 1.807) is 18.2 Å². The zero-order valence-corrected chi connectivity index (χ0v) is 12.7. The van der Waals surface area contributed by atoms with Gasteiger partial charge in [-0.05, 0) is 17.7 Å². The summed E-state index contributed by atoms with van der Waals surface area (Å²) in [4.78, 5) is 19.1. The predicted molar refractivity (Wildman–Crippen MR) is 91.9 cm³/mol. The van der Waals surface area contributed by atoms with Crippen molar-refractivity contribution in [1.82, 2.24) is 9.97 Å². The molecule has 0 aliphatic rings. The molecule has 0 spiro atoms. The average Bonchev–Trinajstić information content (AvgIpc) is 2.99. The zero-order valence-electron chi connectivity index (χ0n) is 12.7. The summed E-state index contributed by atoms with van der Waals surface area (Å²) in [6, 6.07) is 16.6.